The second-order valence-electron chi connectivity index (χ2n) is 6.20. The number of hydrogen-bond acceptors (Lipinski definition) is 2. The van der Waals surface area contributed by atoms with E-state index in [1.54, 1.807) is 6.07 Å². The third kappa shape index (κ3) is 2.08. The van der Waals surface area contributed by atoms with E-state index < -0.39 is 0 Å². The lowest BCUT2D eigenvalue weighted by atomic mass is 9.95. The fourth-order valence-electron chi connectivity index (χ4n) is 3.60. The second-order valence-corrected chi connectivity index (χ2v) is 6.20. The summed E-state index contributed by atoms with van der Waals surface area (Å²) in [6.07, 6.45) is 0. The van der Waals surface area contributed by atoms with Crippen molar-refractivity contribution in [3.63, 3.8) is 0 Å². The van der Waals surface area contributed by atoms with Crippen LogP contribution in [0, 0.1) is 0 Å². The van der Waals surface area contributed by atoms with Gasteiger partial charge in [0.2, 0.25) is 0 Å². The van der Waals surface area contributed by atoms with Gasteiger partial charge in [-0.25, -0.2) is 4.98 Å². The molecule has 0 aliphatic carbocycles. The minimum Gasteiger partial charge on any atom is -0.507 e. The molecule has 0 radical (unpaired) electrons. The standard InChI is InChI=1S/C23H15NO/c25-21-12-6-4-10-18(21)23-19-14-13-15-7-1-2-8-16(15)22(19)17-9-3-5-11-20(17)24-23/h1-14,25H. The van der Waals surface area contributed by atoms with Crippen molar-refractivity contribution in [2.24, 2.45) is 0 Å². The van der Waals surface area contributed by atoms with Crippen molar-refractivity contribution in [1.82, 2.24) is 4.98 Å². The minimum absolute atomic E-state index is 0.250. The van der Waals surface area contributed by atoms with Crippen molar-refractivity contribution in [3.05, 3.63) is 84.9 Å². The summed E-state index contributed by atoms with van der Waals surface area (Å²) in [7, 11) is 0. The van der Waals surface area contributed by atoms with E-state index in [-0.39, 0.29) is 5.75 Å². The Morgan fingerprint density at radius 2 is 1.32 bits per heavy atom. The summed E-state index contributed by atoms with van der Waals surface area (Å²) in [6.45, 7) is 0. The molecule has 0 bridgehead atoms. The van der Waals surface area contributed by atoms with Gasteiger partial charge in [-0.3, -0.25) is 0 Å². The number of fused-ring (bicyclic) bond motifs is 5. The lowest BCUT2D eigenvalue weighted by Gasteiger charge is -2.13. The molecule has 118 valence electrons. The second kappa shape index (κ2) is 5.32. The van der Waals surface area contributed by atoms with E-state index in [2.05, 4.69) is 42.5 Å². The van der Waals surface area contributed by atoms with E-state index in [9.17, 15) is 5.11 Å². The van der Waals surface area contributed by atoms with Gasteiger partial charge in [-0.1, -0.05) is 66.7 Å². The summed E-state index contributed by atoms with van der Waals surface area (Å²) < 4.78 is 0. The SMILES string of the molecule is Oc1ccccc1-c1nc2ccccc2c2c1ccc1ccccc12. The molecule has 0 saturated carbocycles. The lowest BCUT2D eigenvalue weighted by molar-refractivity contribution is 0.477. The molecule has 1 aromatic heterocycles. The van der Waals surface area contributed by atoms with Crippen molar-refractivity contribution in [2.45, 2.75) is 0 Å². The Labute approximate surface area is 145 Å². The molecule has 4 aromatic carbocycles. The average Bonchev–Trinajstić information content (AvgIpc) is 2.67. The van der Waals surface area contributed by atoms with Crippen LogP contribution in [-0.4, -0.2) is 10.1 Å². The summed E-state index contributed by atoms with van der Waals surface area (Å²) in [5.74, 6) is 0.250. The van der Waals surface area contributed by atoms with E-state index >= 15 is 0 Å². The topological polar surface area (TPSA) is 33.1 Å². The van der Waals surface area contributed by atoms with Crippen LogP contribution in [0.1, 0.15) is 0 Å². The van der Waals surface area contributed by atoms with Crippen molar-refractivity contribution < 1.29 is 5.11 Å². The molecule has 0 fully saturated rings. The highest BCUT2D eigenvalue weighted by atomic mass is 16.3. The van der Waals surface area contributed by atoms with Gasteiger partial charge in [0.15, 0.2) is 0 Å². The van der Waals surface area contributed by atoms with Gasteiger partial charge in [-0.05, 0) is 29.0 Å². The van der Waals surface area contributed by atoms with Gasteiger partial charge in [0.25, 0.3) is 0 Å². The molecular formula is C23H15NO. The van der Waals surface area contributed by atoms with E-state index in [0.29, 0.717) is 0 Å². The Morgan fingerprint density at radius 1 is 0.600 bits per heavy atom. The Hall–Kier alpha value is -3.39. The third-order valence-corrected chi connectivity index (χ3v) is 4.75. The van der Waals surface area contributed by atoms with Crippen LogP contribution >= 0.6 is 0 Å². The molecule has 0 atom stereocenters. The van der Waals surface area contributed by atoms with E-state index in [1.165, 1.54) is 16.2 Å². The van der Waals surface area contributed by atoms with Crippen LogP contribution in [0.3, 0.4) is 0 Å². The highest BCUT2D eigenvalue weighted by molar-refractivity contribution is 6.22. The number of para-hydroxylation sites is 2. The lowest BCUT2D eigenvalue weighted by Crippen LogP contribution is -1.91. The fraction of sp³-hybridized carbons (Fsp3) is 0. The monoisotopic (exact) mass is 321 g/mol. The number of aromatic hydroxyl groups is 1. The average molecular weight is 321 g/mol. The predicted octanol–water partition coefficient (Wildman–Crippen LogP) is 5.91. The maximum absolute atomic E-state index is 10.4. The molecule has 0 unspecified atom stereocenters. The van der Waals surface area contributed by atoms with Gasteiger partial charge in [-0.2, -0.15) is 0 Å². The summed E-state index contributed by atoms with van der Waals surface area (Å²) >= 11 is 0. The van der Waals surface area contributed by atoms with Crippen molar-refractivity contribution in [1.29, 1.82) is 0 Å². The molecule has 0 saturated heterocycles. The van der Waals surface area contributed by atoms with Gasteiger partial charge in [0.05, 0.1) is 11.2 Å². The summed E-state index contributed by atoms with van der Waals surface area (Å²) in [5, 5.41) is 16.1. The maximum atomic E-state index is 10.4. The molecule has 0 amide bonds. The van der Waals surface area contributed by atoms with Crippen LogP contribution in [0.2, 0.25) is 0 Å². The van der Waals surface area contributed by atoms with Crippen LogP contribution in [-0.2, 0) is 0 Å². The van der Waals surface area contributed by atoms with Crippen LogP contribution in [0.4, 0.5) is 0 Å². The van der Waals surface area contributed by atoms with Gasteiger partial charge in [0, 0.05) is 21.7 Å². The van der Waals surface area contributed by atoms with Crippen molar-refractivity contribution >= 4 is 32.4 Å². The number of phenolic OH excluding ortho intramolecular Hbond substituents is 1. The van der Waals surface area contributed by atoms with Gasteiger partial charge in [0.1, 0.15) is 5.75 Å². The van der Waals surface area contributed by atoms with Crippen LogP contribution < -0.4 is 0 Å². The zero-order valence-corrected chi connectivity index (χ0v) is 13.5. The Bertz CT molecular complexity index is 1240. The highest BCUT2D eigenvalue weighted by Gasteiger charge is 2.14. The van der Waals surface area contributed by atoms with Crippen LogP contribution in [0.25, 0.3) is 43.7 Å². The van der Waals surface area contributed by atoms with Crippen molar-refractivity contribution in [2.75, 3.05) is 0 Å². The zero-order chi connectivity index (χ0) is 16.8. The summed E-state index contributed by atoms with van der Waals surface area (Å²) in [6, 6.07) is 28.2. The normalized spacial score (nSPS) is 11.4. The number of phenols is 1. The first-order chi connectivity index (χ1) is 12.3. The zero-order valence-electron chi connectivity index (χ0n) is 13.5. The van der Waals surface area contributed by atoms with Gasteiger partial charge >= 0.3 is 0 Å². The first kappa shape index (κ1) is 14.0. The molecule has 0 aliphatic heterocycles. The van der Waals surface area contributed by atoms with E-state index in [0.717, 1.165) is 27.5 Å². The van der Waals surface area contributed by atoms with Gasteiger partial charge < -0.3 is 5.11 Å². The number of nitrogens with zero attached hydrogens (tertiary/aromatic N) is 1. The number of benzene rings is 4. The molecule has 1 heterocycles. The molecule has 1 N–H and O–H groups in total. The summed E-state index contributed by atoms with van der Waals surface area (Å²) in [5.41, 5.74) is 2.51. The number of aromatic nitrogens is 1. The first-order valence-electron chi connectivity index (χ1n) is 8.31. The van der Waals surface area contributed by atoms with Gasteiger partial charge in [-0.15, -0.1) is 0 Å². The van der Waals surface area contributed by atoms with Crippen LogP contribution in [0.15, 0.2) is 84.9 Å². The number of pyridine rings is 1. The quantitative estimate of drug-likeness (QED) is 0.389. The first-order valence-corrected chi connectivity index (χ1v) is 8.31. The van der Waals surface area contributed by atoms with E-state index in [1.807, 2.05) is 36.4 Å². The van der Waals surface area contributed by atoms with Crippen LogP contribution in [0.5, 0.6) is 5.75 Å². The molecule has 5 aromatic rings. The largest absolute Gasteiger partial charge is 0.507 e. The molecule has 2 nitrogen and oxygen atoms in total. The Morgan fingerprint density at radius 3 is 2.20 bits per heavy atom. The minimum atomic E-state index is 0.250. The predicted molar refractivity (Wildman–Crippen MR) is 104 cm³/mol. The Balaban J connectivity index is 2.06. The molecular weight excluding hydrogens is 306 g/mol. The molecule has 2 heteroatoms. The number of hydrogen-bond donors (Lipinski definition) is 1. The third-order valence-electron chi connectivity index (χ3n) is 4.75. The summed E-state index contributed by atoms with van der Waals surface area (Å²) in [4.78, 5) is 4.88. The molecule has 25 heavy (non-hydrogen) atoms. The molecule has 0 aliphatic rings. The maximum Gasteiger partial charge on any atom is 0.124 e. The fourth-order valence-corrected chi connectivity index (χ4v) is 3.60. The number of rotatable bonds is 1. The molecule has 0 spiro atoms. The smallest absolute Gasteiger partial charge is 0.124 e. The van der Waals surface area contributed by atoms with E-state index in [4.69, 9.17) is 4.98 Å². The molecule has 5 rings (SSSR count). The van der Waals surface area contributed by atoms with Crippen molar-refractivity contribution in [3.8, 4) is 17.0 Å². The Kier molecular flexibility index (Phi) is 2.98. The highest BCUT2D eigenvalue weighted by Crippen LogP contribution is 2.39.